The van der Waals surface area contributed by atoms with Crippen molar-refractivity contribution in [2.24, 2.45) is 13.0 Å². The lowest BCUT2D eigenvalue weighted by molar-refractivity contribution is 0.583. The Labute approximate surface area is 106 Å². The molecule has 2 rings (SSSR count). The highest BCUT2D eigenvalue weighted by Gasteiger charge is 2.20. The summed E-state index contributed by atoms with van der Waals surface area (Å²) in [5.41, 5.74) is 2.41. The highest BCUT2D eigenvalue weighted by Crippen LogP contribution is 2.31. The van der Waals surface area contributed by atoms with Crippen molar-refractivity contribution in [3.05, 3.63) is 15.9 Å². The number of nitrogens with zero attached hydrogens (tertiary/aromatic N) is 2. The molecule has 1 N–H and O–H groups in total. The van der Waals surface area contributed by atoms with E-state index in [9.17, 15) is 0 Å². The predicted octanol–water partition coefficient (Wildman–Crippen LogP) is 2.63. The highest BCUT2D eigenvalue weighted by atomic mass is 79.9. The number of halogens is 1. The summed E-state index contributed by atoms with van der Waals surface area (Å²) in [4.78, 5) is 0. The standard InChI is InChI=1S/C12H20BrN3/c1-3-10-12(13)11(16(2)15-10)8-14-7-6-9-4-5-9/h9,14H,3-8H2,1-2H3. The minimum absolute atomic E-state index is 0.913. The Hall–Kier alpha value is -0.350. The second kappa shape index (κ2) is 5.32. The molecule has 1 aromatic rings. The lowest BCUT2D eigenvalue weighted by Crippen LogP contribution is -2.17. The van der Waals surface area contributed by atoms with Gasteiger partial charge in [-0.25, -0.2) is 0 Å². The summed E-state index contributed by atoms with van der Waals surface area (Å²) in [6.07, 6.45) is 5.20. The molecule has 1 aromatic heterocycles. The maximum Gasteiger partial charge on any atom is 0.0767 e. The van der Waals surface area contributed by atoms with Crippen molar-refractivity contribution in [3.8, 4) is 0 Å². The van der Waals surface area contributed by atoms with Crippen LogP contribution >= 0.6 is 15.9 Å². The van der Waals surface area contributed by atoms with Crippen LogP contribution in [0.5, 0.6) is 0 Å². The van der Waals surface area contributed by atoms with Gasteiger partial charge >= 0.3 is 0 Å². The number of aromatic nitrogens is 2. The molecule has 0 amide bonds. The lowest BCUT2D eigenvalue weighted by Gasteiger charge is -2.05. The third kappa shape index (κ3) is 2.86. The molecule has 0 saturated heterocycles. The van der Waals surface area contributed by atoms with Gasteiger partial charge in [0.1, 0.15) is 0 Å². The zero-order valence-corrected chi connectivity index (χ0v) is 11.7. The summed E-state index contributed by atoms with van der Waals surface area (Å²) in [6, 6.07) is 0. The number of hydrogen-bond donors (Lipinski definition) is 1. The Bertz CT molecular complexity index is 355. The maximum atomic E-state index is 4.48. The van der Waals surface area contributed by atoms with E-state index in [0.717, 1.165) is 31.1 Å². The molecule has 90 valence electrons. The molecule has 0 unspecified atom stereocenters. The van der Waals surface area contributed by atoms with E-state index < -0.39 is 0 Å². The van der Waals surface area contributed by atoms with Crippen LogP contribution in [0.25, 0.3) is 0 Å². The molecule has 16 heavy (non-hydrogen) atoms. The SMILES string of the molecule is CCc1nn(C)c(CNCCC2CC2)c1Br. The van der Waals surface area contributed by atoms with Crippen LogP contribution in [0.2, 0.25) is 0 Å². The first-order valence-corrected chi connectivity index (χ1v) is 6.92. The summed E-state index contributed by atoms with van der Waals surface area (Å²) in [5.74, 6) is 1.01. The van der Waals surface area contributed by atoms with E-state index in [1.807, 2.05) is 11.7 Å². The molecule has 1 aliphatic carbocycles. The van der Waals surface area contributed by atoms with Gasteiger partial charge in [0.15, 0.2) is 0 Å². The van der Waals surface area contributed by atoms with Gasteiger partial charge in [0.05, 0.1) is 15.9 Å². The molecule has 4 heteroatoms. The quantitative estimate of drug-likeness (QED) is 0.815. The van der Waals surface area contributed by atoms with Crippen LogP contribution in [0.4, 0.5) is 0 Å². The molecule has 0 spiro atoms. The molecule has 0 aromatic carbocycles. The fourth-order valence-electron chi connectivity index (χ4n) is 1.93. The molecule has 1 aliphatic rings. The van der Waals surface area contributed by atoms with Crippen LogP contribution in [0.3, 0.4) is 0 Å². The van der Waals surface area contributed by atoms with Gasteiger partial charge in [-0.1, -0.05) is 19.8 Å². The predicted molar refractivity (Wildman–Crippen MR) is 69.3 cm³/mol. The normalized spacial score (nSPS) is 15.7. The molecule has 1 heterocycles. The van der Waals surface area contributed by atoms with Gasteiger partial charge in [-0.3, -0.25) is 4.68 Å². The molecule has 0 bridgehead atoms. The summed E-state index contributed by atoms with van der Waals surface area (Å²) in [7, 11) is 2.02. The second-order valence-electron chi connectivity index (χ2n) is 4.59. The Morgan fingerprint density at radius 3 is 2.81 bits per heavy atom. The number of nitrogens with one attached hydrogen (secondary N) is 1. The first kappa shape index (κ1) is 12.1. The molecule has 0 atom stereocenters. The van der Waals surface area contributed by atoms with E-state index in [2.05, 4.69) is 33.3 Å². The number of rotatable bonds is 6. The van der Waals surface area contributed by atoms with E-state index >= 15 is 0 Å². The van der Waals surface area contributed by atoms with Gasteiger partial charge < -0.3 is 5.32 Å². The van der Waals surface area contributed by atoms with Gasteiger partial charge in [-0.2, -0.15) is 5.10 Å². The van der Waals surface area contributed by atoms with Crippen molar-refractivity contribution < 1.29 is 0 Å². The topological polar surface area (TPSA) is 29.9 Å². The summed E-state index contributed by atoms with van der Waals surface area (Å²) >= 11 is 3.63. The lowest BCUT2D eigenvalue weighted by atomic mass is 10.3. The van der Waals surface area contributed by atoms with Gasteiger partial charge in [0.2, 0.25) is 0 Å². The van der Waals surface area contributed by atoms with Gasteiger partial charge in [0, 0.05) is 13.6 Å². The third-order valence-electron chi connectivity index (χ3n) is 3.22. The molecule has 3 nitrogen and oxygen atoms in total. The van der Waals surface area contributed by atoms with Crippen molar-refractivity contribution in [3.63, 3.8) is 0 Å². The molecular weight excluding hydrogens is 266 g/mol. The molecular formula is C12H20BrN3. The third-order valence-corrected chi connectivity index (χ3v) is 4.14. The van der Waals surface area contributed by atoms with E-state index in [4.69, 9.17) is 0 Å². The van der Waals surface area contributed by atoms with E-state index in [-0.39, 0.29) is 0 Å². The van der Waals surface area contributed by atoms with Gasteiger partial charge in [-0.05, 0) is 41.2 Å². The van der Waals surface area contributed by atoms with Crippen molar-refractivity contribution in [1.82, 2.24) is 15.1 Å². The zero-order valence-electron chi connectivity index (χ0n) is 10.1. The Kier molecular flexibility index (Phi) is 4.03. The van der Waals surface area contributed by atoms with Crippen LogP contribution in [0.15, 0.2) is 4.47 Å². The maximum absolute atomic E-state index is 4.48. The minimum atomic E-state index is 0.913. The van der Waals surface area contributed by atoms with Crippen LogP contribution in [-0.4, -0.2) is 16.3 Å². The van der Waals surface area contributed by atoms with Crippen molar-refractivity contribution in [2.45, 2.75) is 39.2 Å². The Morgan fingerprint density at radius 1 is 1.50 bits per heavy atom. The van der Waals surface area contributed by atoms with E-state index in [0.29, 0.717) is 0 Å². The van der Waals surface area contributed by atoms with Crippen LogP contribution in [0.1, 0.15) is 37.6 Å². The first-order chi connectivity index (χ1) is 7.72. The average molecular weight is 286 g/mol. The van der Waals surface area contributed by atoms with Crippen LogP contribution in [-0.2, 0) is 20.0 Å². The largest absolute Gasteiger partial charge is 0.311 e. The smallest absolute Gasteiger partial charge is 0.0767 e. The van der Waals surface area contributed by atoms with E-state index in [1.54, 1.807) is 0 Å². The fraction of sp³-hybridized carbons (Fsp3) is 0.750. The monoisotopic (exact) mass is 285 g/mol. The minimum Gasteiger partial charge on any atom is -0.311 e. The summed E-state index contributed by atoms with van der Waals surface area (Å²) in [5, 5.41) is 7.99. The van der Waals surface area contributed by atoms with E-state index in [1.165, 1.54) is 29.4 Å². The molecule has 0 radical (unpaired) electrons. The van der Waals surface area contributed by atoms with Gasteiger partial charge in [-0.15, -0.1) is 0 Å². The number of hydrogen-bond acceptors (Lipinski definition) is 2. The molecule has 1 saturated carbocycles. The first-order valence-electron chi connectivity index (χ1n) is 6.13. The Balaban J connectivity index is 1.84. The fourth-order valence-corrected chi connectivity index (χ4v) is 2.69. The van der Waals surface area contributed by atoms with Crippen molar-refractivity contribution in [1.29, 1.82) is 0 Å². The zero-order chi connectivity index (χ0) is 11.5. The highest BCUT2D eigenvalue weighted by molar-refractivity contribution is 9.10. The molecule has 1 fully saturated rings. The van der Waals surface area contributed by atoms with Gasteiger partial charge in [0.25, 0.3) is 0 Å². The number of aryl methyl sites for hydroxylation is 2. The summed E-state index contributed by atoms with van der Waals surface area (Å²) < 4.78 is 3.16. The van der Waals surface area contributed by atoms with Crippen LogP contribution < -0.4 is 5.32 Å². The van der Waals surface area contributed by atoms with Crippen molar-refractivity contribution in [2.75, 3.05) is 6.54 Å². The van der Waals surface area contributed by atoms with Crippen molar-refractivity contribution >= 4 is 15.9 Å². The Morgan fingerprint density at radius 2 is 2.25 bits per heavy atom. The van der Waals surface area contributed by atoms with Crippen LogP contribution in [0, 0.1) is 5.92 Å². The summed E-state index contributed by atoms with van der Waals surface area (Å²) in [6.45, 7) is 4.18. The second-order valence-corrected chi connectivity index (χ2v) is 5.39. The average Bonchev–Trinajstić information content (AvgIpc) is 3.04. The molecule has 0 aliphatic heterocycles.